The highest BCUT2D eigenvalue weighted by atomic mass is 15.0. The molecule has 19 heavy (non-hydrogen) atoms. The summed E-state index contributed by atoms with van der Waals surface area (Å²) in [5.74, 6) is 0.602. The van der Waals surface area contributed by atoms with Gasteiger partial charge >= 0.3 is 0 Å². The number of aryl methyl sites for hydroxylation is 1. The van der Waals surface area contributed by atoms with Gasteiger partial charge in [0.05, 0.1) is 17.4 Å². The molecule has 0 fully saturated rings. The summed E-state index contributed by atoms with van der Waals surface area (Å²) in [6.07, 6.45) is 3.55. The molecule has 2 aromatic rings. The van der Waals surface area contributed by atoms with Crippen LogP contribution in [-0.2, 0) is 6.42 Å². The molecule has 0 aliphatic heterocycles. The van der Waals surface area contributed by atoms with Crippen LogP contribution in [0.5, 0.6) is 0 Å². The summed E-state index contributed by atoms with van der Waals surface area (Å²) in [5.41, 5.74) is 7.90. The van der Waals surface area contributed by atoms with Gasteiger partial charge in [0.25, 0.3) is 0 Å². The first kappa shape index (κ1) is 12.9. The first-order chi connectivity index (χ1) is 9.29. The number of pyridine rings is 1. The summed E-state index contributed by atoms with van der Waals surface area (Å²) in [5, 5.41) is 12.2. The van der Waals surface area contributed by atoms with Gasteiger partial charge in [-0.1, -0.05) is 30.3 Å². The standard InChI is InChI=1S/C15H16N4/c16-10-13-9-14(17)11-19-15(13)18-8-4-7-12-5-2-1-3-6-12/h1-3,5-6,9,11H,4,7-8,17H2,(H,18,19). The first-order valence-corrected chi connectivity index (χ1v) is 6.23. The third kappa shape index (κ3) is 3.71. The van der Waals surface area contributed by atoms with Gasteiger partial charge in [0.15, 0.2) is 0 Å². The van der Waals surface area contributed by atoms with Crippen molar-refractivity contribution in [3.05, 3.63) is 53.7 Å². The lowest BCUT2D eigenvalue weighted by molar-refractivity contribution is 0.858. The summed E-state index contributed by atoms with van der Waals surface area (Å²) < 4.78 is 0. The van der Waals surface area contributed by atoms with Crippen LogP contribution < -0.4 is 11.1 Å². The Kier molecular flexibility index (Phi) is 4.35. The third-order valence-electron chi connectivity index (χ3n) is 2.81. The van der Waals surface area contributed by atoms with Gasteiger partial charge in [-0.15, -0.1) is 0 Å². The SMILES string of the molecule is N#Cc1cc(N)cnc1NCCCc1ccccc1. The number of aromatic nitrogens is 1. The Labute approximate surface area is 112 Å². The third-order valence-corrected chi connectivity index (χ3v) is 2.81. The molecule has 3 N–H and O–H groups in total. The van der Waals surface area contributed by atoms with Gasteiger partial charge < -0.3 is 11.1 Å². The Morgan fingerprint density at radius 2 is 2.05 bits per heavy atom. The topological polar surface area (TPSA) is 74.7 Å². The van der Waals surface area contributed by atoms with Crippen LogP contribution in [0.4, 0.5) is 11.5 Å². The Balaban J connectivity index is 1.85. The van der Waals surface area contributed by atoms with E-state index < -0.39 is 0 Å². The maximum atomic E-state index is 8.99. The Hall–Kier alpha value is -2.54. The molecule has 1 aromatic carbocycles. The predicted octanol–water partition coefficient (Wildman–Crippen LogP) is 2.58. The van der Waals surface area contributed by atoms with Gasteiger partial charge in [0, 0.05) is 6.54 Å². The van der Waals surface area contributed by atoms with Crippen LogP contribution in [0, 0.1) is 11.3 Å². The van der Waals surface area contributed by atoms with Gasteiger partial charge in [-0.05, 0) is 24.5 Å². The van der Waals surface area contributed by atoms with Gasteiger partial charge in [-0.2, -0.15) is 5.26 Å². The Morgan fingerprint density at radius 1 is 1.26 bits per heavy atom. The molecular formula is C15H16N4. The van der Waals surface area contributed by atoms with Crippen LogP contribution in [-0.4, -0.2) is 11.5 Å². The molecule has 0 spiro atoms. The molecule has 2 rings (SSSR count). The van der Waals surface area contributed by atoms with Crippen molar-refractivity contribution in [1.29, 1.82) is 5.26 Å². The molecule has 4 heteroatoms. The van der Waals surface area contributed by atoms with Gasteiger partial charge in [0.1, 0.15) is 11.9 Å². The summed E-state index contributed by atoms with van der Waals surface area (Å²) in [4.78, 5) is 4.14. The van der Waals surface area contributed by atoms with Crippen molar-refractivity contribution in [1.82, 2.24) is 4.98 Å². The van der Waals surface area contributed by atoms with Crippen LogP contribution in [0.3, 0.4) is 0 Å². The van der Waals surface area contributed by atoms with Crippen molar-refractivity contribution in [2.75, 3.05) is 17.6 Å². The Morgan fingerprint density at radius 3 is 2.79 bits per heavy atom. The van der Waals surface area contributed by atoms with E-state index >= 15 is 0 Å². The number of rotatable bonds is 5. The second kappa shape index (κ2) is 6.41. The van der Waals surface area contributed by atoms with Crippen LogP contribution in [0.2, 0.25) is 0 Å². The monoisotopic (exact) mass is 252 g/mol. The second-order valence-electron chi connectivity index (χ2n) is 4.29. The molecule has 0 atom stereocenters. The minimum Gasteiger partial charge on any atom is -0.397 e. The summed E-state index contributed by atoms with van der Waals surface area (Å²) in [6, 6.07) is 14.0. The molecule has 96 valence electrons. The van der Waals surface area contributed by atoms with Crippen LogP contribution >= 0.6 is 0 Å². The van der Waals surface area contributed by atoms with Crippen molar-refractivity contribution in [2.24, 2.45) is 0 Å². The van der Waals surface area contributed by atoms with E-state index in [9.17, 15) is 0 Å². The zero-order chi connectivity index (χ0) is 13.5. The highest BCUT2D eigenvalue weighted by Gasteiger charge is 2.03. The minimum absolute atomic E-state index is 0.486. The number of benzene rings is 1. The van der Waals surface area contributed by atoms with E-state index in [-0.39, 0.29) is 0 Å². The number of nitrogens with zero attached hydrogens (tertiary/aromatic N) is 2. The fraction of sp³-hybridized carbons (Fsp3) is 0.200. The number of anilines is 2. The smallest absolute Gasteiger partial charge is 0.144 e. The minimum atomic E-state index is 0.486. The van der Waals surface area contributed by atoms with Crippen molar-refractivity contribution in [2.45, 2.75) is 12.8 Å². The largest absolute Gasteiger partial charge is 0.397 e. The molecule has 0 radical (unpaired) electrons. The highest BCUT2D eigenvalue weighted by Crippen LogP contribution is 2.14. The fourth-order valence-electron chi connectivity index (χ4n) is 1.85. The van der Waals surface area contributed by atoms with Crippen LogP contribution in [0.15, 0.2) is 42.6 Å². The summed E-state index contributed by atoms with van der Waals surface area (Å²) >= 11 is 0. The molecule has 0 amide bonds. The number of hydrogen-bond acceptors (Lipinski definition) is 4. The summed E-state index contributed by atoms with van der Waals surface area (Å²) in [6.45, 7) is 0.778. The van der Waals surface area contributed by atoms with E-state index in [2.05, 4.69) is 28.5 Å². The van der Waals surface area contributed by atoms with Gasteiger partial charge in [-0.25, -0.2) is 4.98 Å². The van der Waals surface area contributed by atoms with Gasteiger partial charge in [0.2, 0.25) is 0 Å². The average molecular weight is 252 g/mol. The second-order valence-corrected chi connectivity index (χ2v) is 4.29. The highest BCUT2D eigenvalue weighted by molar-refractivity contribution is 5.57. The number of nitrogen functional groups attached to an aromatic ring is 1. The van der Waals surface area contributed by atoms with Crippen LogP contribution in [0.1, 0.15) is 17.5 Å². The molecule has 0 aliphatic rings. The predicted molar refractivity (Wildman–Crippen MR) is 76.6 cm³/mol. The maximum absolute atomic E-state index is 8.99. The van der Waals surface area contributed by atoms with E-state index in [1.54, 1.807) is 12.3 Å². The maximum Gasteiger partial charge on any atom is 0.144 e. The van der Waals surface area contributed by atoms with Crippen molar-refractivity contribution >= 4 is 11.5 Å². The number of hydrogen-bond donors (Lipinski definition) is 2. The molecule has 4 nitrogen and oxygen atoms in total. The fourth-order valence-corrected chi connectivity index (χ4v) is 1.85. The van der Waals surface area contributed by atoms with Crippen LogP contribution in [0.25, 0.3) is 0 Å². The van der Waals surface area contributed by atoms with Crippen molar-refractivity contribution < 1.29 is 0 Å². The quantitative estimate of drug-likeness (QED) is 0.802. The van der Waals surface area contributed by atoms with E-state index in [0.717, 1.165) is 19.4 Å². The molecular weight excluding hydrogens is 236 g/mol. The lowest BCUT2D eigenvalue weighted by Crippen LogP contribution is -2.06. The zero-order valence-corrected chi connectivity index (χ0v) is 10.6. The lowest BCUT2D eigenvalue weighted by Gasteiger charge is -2.07. The molecule has 0 bridgehead atoms. The zero-order valence-electron chi connectivity index (χ0n) is 10.6. The van der Waals surface area contributed by atoms with Crippen molar-refractivity contribution in [3.8, 4) is 6.07 Å². The van der Waals surface area contributed by atoms with E-state index in [1.165, 1.54) is 5.56 Å². The van der Waals surface area contributed by atoms with E-state index in [1.807, 2.05) is 18.2 Å². The van der Waals surface area contributed by atoms with E-state index in [0.29, 0.717) is 17.1 Å². The molecule has 0 saturated heterocycles. The molecule has 0 aliphatic carbocycles. The molecule has 1 heterocycles. The first-order valence-electron chi connectivity index (χ1n) is 6.23. The number of nitriles is 1. The Bertz CT molecular complexity index is 572. The number of nitrogens with two attached hydrogens (primary N) is 1. The average Bonchev–Trinajstić information content (AvgIpc) is 2.46. The van der Waals surface area contributed by atoms with Crippen molar-refractivity contribution in [3.63, 3.8) is 0 Å². The van der Waals surface area contributed by atoms with E-state index in [4.69, 9.17) is 11.0 Å². The molecule has 0 saturated carbocycles. The molecule has 0 unspecified atom stereocenters. The lowest BCUT2D eigenvalue weighted by atomic mass is 10.1. The number of nitrogens with one attached hydrogen (secondary N) is 1. The molecule has 1 aromatic heterocycles. The van der Waals surface area contributed by atoms with Gasteiger partial charge in [-0.3, -0.25) is 0 Å². The summed E-state index contributed by atoms with van der Waals surface area (Å²) in [7, 11) is 0. The normalized spacial score (nSPS) is 9.84.